The zero-order valence-electron chi connectivity index (χ0n) is 12.3. The van der Waals surface area contributed by atoms with Crippen LogP contribution in [0.5, 0.6) is 0 Å². The van der Waals surface area contributed by atoms with Crippen molar-refractivity contribution in [3.63, 3.8) is 0 Å². The highest BCUT2D eigenvalue weighted by Crippen LogP contribution is 2.18. The smallest absolute Gasteiger partial charge is 0.293 e. The Labute approximate surface area is 134 Å². The zero-order chi connectivity index (χ0) is 16.5. The fraction of sp³-hybridized carbons (Fsp3) is 0.0625. The third-order valence-electron chi connectivity index (χ3n) is 3.44. The normalized spacial score (nSPS) is 11.0. The number of nitrogens with zero attached hydrogens (tertiary/aromatic N) is 5. The van der Waals surface area contributed by atoms with E-state index in [4.69, 9.17) is 4.42 Å². The van der Waals surface area contributed by atoms with Crippen molar-refractivity contribution in [3.8, 4) is 11.5 Å². The van der Waals surface area contributed by atoms with E-state index in [-0.39, 0.29) is 23.9 Å². The van der Waals surface area contributed by atoms with Gasteiger partial charge in [-0.1, -0.05) is 6.07 Å². The molecule has 0 aliphatic heterocycles. The largest absolute Gasteiger partial charge is 0.419 e. The molecule has 0 N–H and O–H groups in total. The molecule has 0 saturated heterocycles. The standard InChI is InChI=1S/C16H10FN5O2/c17-12-5-1-3-10(7-12)15-21-20-13(24-15)9-22-16(23)14-11(8-19-22)4-2-6-18-14/h1-8H,9H2. The summed E-state index contributed by atoms with van der Waals surface area (Å²) < 4.78 is 19.9. The maximum absolute atomic E-state index is 13.3. The minimum atomic E-state index is -0.397. The van der Waals surface area contributed by atoms with Crippen LogP contribution in [-0.4, -0.2) is 25.0 Å². The van der Waals surface area contributed by atoms with Gasteiger partial charge in [0, 0.05) is 17.1 Å². The molecule has 24 heavy (non-hydrogen) atoms. The van der Waals surface area contributed by atoms with Gasteiger partial charge in [0.15, 0.2) is 0 Å². The number of hydrogen-bond acceptors (Lipinski definition) is 6. The lowest BCUT2D eigenvalue weighted by molar-refractivity contribution is 0.466. The van der Waals surface area contributed by atoms with Gasteiger partial charge < -0.3 is 4.42 Å². The summed E-state index contributed by atoms with van der Waals surface area (Å²) in [6.07, 6.45) is 3.09. The molecule has 4 rings (SSSR count). The van der Waals surface area contributed by atoms with Crippen LogP contribution in [0.2, 0.25) is 0 Å². The van der Waals surface area contributed by atoms with Crippen LogP contribution >= 0.6 is 0 Å². The van der Waals surface area contributed by atoms with E-state index in [1.54, 1.807) is 36.7 Å². The van der Waals surface area contributed by atoms with Gasteiger partial charge in [0.25, 0.3) is 5.56 Å². The summed E-state index contributed by atoms with van der Waals surface area (Å²) in [5, 5.41) is 12.5. The topological polar surface area (TPSA) is 86.7 Å². The summed E-state index contributed by atoms with van der Waals surface area (Å²) in [5.74, 6) is -0.0265. The van der Waals surface area contributed by atoms with E-state index in [9.17, 15) is 9.18 Å². The number of fused-ring (bicyclic) bond motifs is 1. The van der Waals surface area contributed by atoms with E-state index >= 15 is 0 Å². The van der Waals surface area contributed by atoms with E-state index in [2.05, 4.69) is 20.3 Å². The third-order valence-corrected chi connectivity index (χ3v) is 3.44. The van der Waals surface area contributed by atoms with Crippen LogP contribution in [0, 0.1) is 5.82 Å². The molecule has 1 aromatic carbocycles. The highest BCUT2D eigenvalue weighted by molar-refractivity contribution is 5.75. The molecule has 0 radical (unpaired) electrons. The molecule has 0 unspecified atom stereocenters. The molecule has 0 amide bonds. The molecular formula is C16H10FN5O2. The molecule has 0 atom stereocenters. The van der Waals surface area contributed by atoms with Crippen molar-refractivity contribution in [2.45, 2.75) is 6.54 Å². The number of pyridine rings is 1. The maximum atomic E-state index is 13.3. The van der Waals surface area contributed by atoms with Crippen LogP contribution in [0.25, 0.3) is 22.4 Å². The Bertz CT molecular complexity index is 1090. The van der Waals surface area contributed by atoms with E-state index in [1.807, 2.05) is 0 Å². The van der Waals surface area contributed by atoms with Gasteiger partial charge >= 0.3 is 0 Å². The number of halogens is 1. The Morgan fingerprint density at radius 2 is 2.08 bits per heavy atom. The van der Waals surface area contributed by atoms with Crippen molar-refractivity contribution >= 4 is 10.9 Å². The number of aromatic nitrogens is 5. The Balaban J connectivity index is 1.67. The Hall–Kier alpha value is -3.42. The van der Waals surface area contributed by atoms with Gasteiger partial charge in [-0.3, -0.25) is 9.78 Å². The first-order chi connectivity index (χ1) is 11.7. The molecule has 0 bridgehead atoms. The minimum Gasteiger partial charge on any atom is -0.419 e. The van der Waals surface area contributed by atoms with E-state index in [1.165, 1.54) is 16.8 Å². The molecule has 0 aliphatic carbocycles. The maximum Gasteiger partial charge on any atom is 0.293 e. The number of hydrogen-bond donors (Lipinski definition) is 0. The molecule has 4 aromatic rings. The predicted octanol–water partition coefficient (Wildman–Crippen LogP) is 2.03. The SMILES string of the molecule is O=c1c2ncccc2cnn1Cc1nnc(-c2cccc(F)c2)o1. The van der Waals surface area contributed by atoms with Gasteiger partial charge in [-0.15, -0.1) is 10.2 Å². The van der Waals surface area contributed by atoms with Gasteiger partial charge in [-0.25, -0.2) is 9.07 Å². The average molecular weight is 323 g/mol. The van der Waals surface area contributed by atoms with E-state index < -0.39 is 5.82 Å². The van der Waals surface area contributed by atoms with Crippen molar-refractivity contribution in [2.75, 3.05) is 0 Å². The van der Waals surface area contributed by atoms with Crippen LogP contribution < -0.4 is 5.56 Å². The highest BCUT2D eigenvalue weighted by atomic mass is 19.1. The molecule has 3 heterocycles. The Morgan fingerprint density at radius 1 is 1.17 bits per heavy atom. The molecule has 7 nitrogen and oxygen atoms in total. The predicted molar refractivity (Wildman–Crippen MR) is 82.6 cm³/mol. The second kappa shape index (κ2) is 5.65. The van der Waals surface area contributed by atoms with Crippen molar-refractivity contribution in [1.29, 1.82) is 0 Å². The zero-order valence-corrected chi connectivity index (χ0v) is 12.3. The van der Waals surface area contributed by atoms with Gasteiger partial charge in [0.1, 0.15) is 17.9 Å². The lowest BCUT2D eigenvalue weighted by Gasteiger charge is -2.02. The van der Waals surface area contributed by atoms with Gasteiger partial charge in [0.2, 0.25) is 11.8 Å². The summed E-state index contributed by atoms with van der Waals surface area (Å²) in [7, 11) is 0. The Morgan fingerprint density at radius 3 is 2.96 bits per heavy atom. The van der Waals surface area contributed by atoms with Crippen LogP contribution in [0.3, 0.4) is 0 Å². The lowest BCUT2D eigenvalue weighted by atomic mass is 10.2. The highest BCUT2D eigenvalue weighted by Gasteiger charge is 2.12. The fourth-order valence-corrected chi connectivity index (χ4v) is 2.30. The first-order valence-corrected chi connectivity index (χ1v) is 7.10. The summed E-state index contributed by atoms with van der Waals surface area (Å²) in [6.45, 7) is 0.00760. The van der Waals surface area contributed by atoms with Gasteiger partial charge in [-0.2, -0.15) is 5.10 Å². The van der Waals surface area contributed by atoms with Crippen LogP contribution in [-0.2, 0) is 6.54 Å². The first kappa shape index (κ1) is 14.2. The average Bonchev–Trinajstić information content (AvgIpc) is 3.06. The van der Waals surface area contributed by atoms with Crippen LogP contribution in [0.1, 0.15) is 5.89 Å². The summed E-state index contributed by atoms with van der Waals surface area (Å²) in [6, 6.07) is 9.32. The molecule has 3 aromatic heterocycles. The molecule has 0 saturated carbocycles. The van der Waals surface area contributed by atoms with Crippen molar-refractivity contribution in [3.05, 3.63) is 70.9 Å². The number of rotatable bonds is 3. The fourth-order valence-electron chi connectivity index (χ4n) is 2.30. The van der Waals surface area contributed by atoms with Crippen molar-refractivity contribution in [2.24, 2.45) is 0 Å². The van der Waals surface area contributed by atoms with Crippen molar-refractivity contribution < 1.29 is 8.81 Å². The first-order valence-electron chi connectivity index (χ1n) is 7.10. The lowest BCUT2D eigenvalue weighted by Crippen LogP contribution is -2.24. The molecule has 118 valence electrons. The molecule has 0 fully saturated rings. The summed E-state index contributed by atoms with van der Waals surface area (Å²) in [5.41, 5.74) is 0.435. The van der Waals surface area contributed by atoms with Gasteiger partial charge in [0.05, 0.1) is 6.20 Å². The van der Waals surface area contributed by atoms with Gasteiger partial charge in [-0.05, 0) is 30.3 Å². The second-order valence-electron chi connectivity index (χ2n) is 5.06. The molecule has 0 spiro atoms. The number of benzene rings is 1. The summed E-state index contributed by atoms with van der Waals surface area (Å²) in [4.78, 5) is 16.4. The molecule has 0 aliphatic rings. The second-order valence-corrected chi connectivity index (χ2v) is 5.06. The monoisotopic (exact) mass is 323 g/mol. The van der Waals surface area contributed by atoms with E-state index in [0.717, 1.165) is 0 Å². The molecular weight excluding hydrogens is 313 g/mol. The molecule has 8 heteroatoms. The van der Waals surface area contributed by atoms with E-state index in [0.29, 0.717) is 16.5 Å². The quantitative estimate of drug-likeness (QED) is 0.573. The third kappa shape index (κ3) is 2.54. The van der Waals surface area contributed by atoms with Crippen LogP contribution in [0.15, 0.2) is 58.0 Å². The summed E-state index contributed by atoms with van der Waals surface area (Å²) >= 11 is 0. The van der Waals surface area contributed by atoms with Crippen LogP contribution in [0.4, 0.5) is 4.39 Å². The van der Waals surface area contributed by atoms with Crippen molar-refractivity contribution in [1.82, 2.24) is 25.0 Å². The minimum absolute atomic E-state index is 0.00760. The Kier molecular flexibility index (Phi) is 3.34.